The molecule has 1 aromatic carbocycles. The van der Waals surface area contributed by atoms with Crippen LogP contribution in [0, 0.1) is 0 Å². The van der Waals surface area contributed by atoms with Crippen molar-refractivity contribution in [3.05, 3.63) is 34.3 Å². The number of nitrogens with zero attached hydrogens (tertiary/aromatic N) is 2. The molecule has 1 aliphatic rings. The van der Waals surface area contributed by atoms with Crippen molar-refractivity contribution in [2.75, 3.05) is 0 Å². The van der Waals surface area contributed by atoms with Gasteiger partial charge in [0, 0.05) is 16.6 Å². The third-order valence-corrected chi connectivity index (χ3v) is 3.31. The van der Waals surface area contributed by atoms with E-state index in [0.717, 1.165) is 10.7 Å². The number of hydrogen-bond donors (Lipinski definition) is 1. The van der Waals surface area contributed by atoms with Crippen LogP contribution in [-0.2, 0) is 0 Å². The number of rotatable bonds is 1. The van der Waals surface area contributed by atoms with E-state index in [1.54, 1.807) is 32.0 Å². The van der Waals surface area contributed by atoms with Crippen molar-refractivity contribution < 1.29 is 9.90 Å². The van der Waals surface area contributed by atoms with Gasteiger partial charge in [0.1, 0.15) is 0 Å². The maximum absolute atomic E-state index is 12.3. The van der Waals surface area contributed by atoms with Crippen LogP contribution in [0.3, 0.4) is 0 Å². The number of halogens is 1. The monoisotopic (exact) mass is 296 g/mol. The number of hydrazone groups is 1. The molecule has 4 nitrogen and oxygen atoms in total. The Morgan fingerprint density at radius 3 is 2.71 bits per heavy atom. The van der Waals surface area contributed by atoms with Gasteiger partial charge in [0.15, 0.2) is 5.72 Å². The zero-order chi connectivity index (χ0) is 12.6. The van der Waals surface area contributed by atoms with Crippen molar-refractivity contribution in [1.29, 1.82) is 0 Å². The van der Waals surface area contributed by atoms with Crippen LogP contribution < -0.4 is 0 Å². The maximum Gasteiger partial charge on any atom is 0.277 e. The third-order valence-electron chi connectivity index (χ3n) is 2.61. The van der Waals surface area contributed by atoms with Crippen LogP contribution in [0.4, 0.5) is 0 Å². The van der Waals surface area contributed by atoms with Gasteiger partial charge in [-0.3, -0.25) is 4.79 Å². The zero-order valence-electron chi connectivity index (χ0n) is 9.64. The largest absolute Gasteiger partial charge is 0.369 e. The lowest BCUT2D eigenvalue weighted by Gasteiger charge is -2.27. The highest BCUT2D eigenvalue weighted by Gasteiger charge is 2.39. The van der Waals surface area contributed by atoms with E-state index in [1.165, 1.54) is 0 Å². The average Bonchev–Trinajstić information content (AvgIpc) is 2.51. The second-order valence-corrected chi connectivity index (χ2v) is 5.18. The van der Waals surface area contributed by atoms with Crippen molar-refractivity contribution in [3.8, 4) is 0 Å². The SMILES string of the molecule is CC1=NN(C(=O)c2ccccc2Br)C(C)(O)C1. The smallest absolute Gasteiger partial charge is 0.277 e. The van der Waals surface area contributed by atoms with E-state index in [9.17, 15) is 9.90 Å². The summed E-state index contributed by atoms with van der Waals surface area (Å²) in [5.74, 6) is -0.306. The van der Waals surface area contributed by atoms with Crippen LogP contribution in [0.15, 0.2) is 33.8 Å². The van der Waals surface area contributed by atoms with Crippen LogP contribution in [0.25, 0.3) is 0 Å². The maximum atomic E-state index is 12.3. The fraction of sp³-hybridized carbons (Fsp3) is 0.333. The Labute approximate surface area is 108 Å². The fourth-order valence-corrected chi connectivity index (χ4v) is 2.34. The Balaban J connectivity index is 2.36. The molecule has 0 saturated heterocycles. The minimum absolute atomic E-state index is 0.306. The van der Waals surface area contributed by atoms with Gasteiger partial charge in [-0.25, -0.2) is 0 Å². The van der Waals surface area contributed by atoms with Crippen molar-refractivity contribution in [3.63, 3.8) is 0 Å². The van der Waals surface area contributed by atoms with E-state index in [2.05, 4.69) is 21.0 Å². The van der Waals surface area contributed by atoms with E-state index >= 15 is 0 Å². The van der Waals surface area contributed by atoms with Crippen LogP contribution in [0.1, 0.15) is 30.6 Å². The molecule has 0 spiro atoms. The summed E-state index contributed by atoms with van der Waals surface area (Å²) in [6, 6.07) is 7.09. The molecule has 2 rings (SSSR count). The Bertz CT molecular complexity index is 497. The Morgan fingerprint density at radius 2 is 2.18 bits per heavy atom. The summed E-state index contributed by atoms with van der Waals surface area (Å²) < 4.78 is 0.695. The van der Waals surface area contributed by atoms with Crippen molar-refractivity contribution in [2.45, 2.75) is 26.0 Å². The number of benzene rings is 1. The Morgan fingerprint density at radius 1 is 1.53 bits per heavy atom. The highest BCUT2D eigenvalue weighted by atomic mass is 79.9. The summed E-state index contributed by atoms with van der Waals surface area (Å²) >= 11 is 3.32. The molecule has 0 aromatic heterocycles. The summed E-state index contributed by atoms with van der Waals surface area (Å²) in [6.45, 7) is 3.38. The predicted molar refractivity (Wildman–Crippen MR) is 68.7 cm³/mol. The topological polar surface area (TPSA) is 52.9 Å². The third kappa shape index (κ3) is 2.25. The molecule has 1 amide bonds. The van der Waals surface area contributed by atoms with Gasteiger partial charge in [-0.15, -0.1) is 0 Å². The van der Waals surface area contributed by atoms with E-state index in [1.807, 2.05) is 6.07 Å². The zero-order valence-corrected chi connectivity index (χ0v) is 11.2. The first-order valence-electron chi connectivity index (χ1n) is 5.27. The van der Waals surface area contributed by atoms with Crippen LogP contribution >= 0.6 is 15.9 Å². The molecule has 0 fully saturated rings. The van der Waals surface area contributed by atoms with Crippen molar-refractivity contribution in [1.82, 2.24) is 5.01 Å². The van der Waals surface area contributed by atoms with Gasteiger partial charge in [0.25, 0.3) is 5.91 Å². The first-order valence-corrected chi connectivity index (χ1v) is 6.06. The number of amides is 1. The molecule has 0 bridgehead atoms. The lowest BCUT2D eigenvalue weighted by atomic mass is 10.1. The highest BCUT2D eigenvalue weighted by molar-refractivity contribution is 9.10. The molecule has 5 heteroatoms. The number of hydrogen-bond acceptors (Lipinski definition) is 3. The quantitative estimate of drug-likeness (QED) is 0.865. The molecule has 0 aliphatic carbocycles. The average molecular weight is 297 g/mol. The first kappa shape index (κ1) is 12.3. The number of aliphatic hydroxyl groups is 1. The molecule has 1 aromatic rings. The molecule has 0 radical (unpaired) electrons. The van der Waals surface area contributed by atoms with E-state index in [-0.39, 0.29) is 5.91 Å². The molecule has 1 N–H and O–H groups in total. The fourth-order valence-electron chi connectivity index (χ4n) is 1.89. The van der Waals surface area contributed by atoms with Crippen molar-refractivity contribution in [2.24, 2.45) is 5.10 Å². The summed E-state index contributed by atoms with van der Waals surface area (Å²) in [6.07, 6.45) is 0.378. The van der Waals surface area contributed by atoms with Gasteiger partial charge in [-0.1, -0.05) is 12.1 Å². The molecule has 17 heavy (non-hydrogen) atoms. The van der Waals surface area contributed by atoms with Crippen LogP contribution in [0.5, 0.6) is 0 Å². The Hall–Kier alpha value is -1.20. The molecule has 1 heterocycles. The molecule has 0 saturated carbocycles. The van der Waals surface area contributed by atoms with Gasteiger partial charge < -0.3 is 5.11 Å². The van der Waals surface area contributed by atoms with E-state index in [4.69, 9.17) is 0 Å². The van der Waals surface area contributed by atoms with E-state index in [0.29, 0.717) is 16.5 Å². The Kier molecular flexibility index (Phi) is 3.05. The second kappa shape index (κ2) is 4.23. The summed E-state index contributed by atoms with van der Waals surface area (Å²) in [5.41, 5.74) is -0.00202. The van der Waals surface area contributed by atoms with E-state index < -0.39 is 5.72 Å². The second-order valence-electron chi connectivity index (χ2n) is 4.33. The van der Waals surface area contributed by atoms with Crippen molar-refractivity contribution >= 4 is 27.5 Å². The molecule has 1 atom stereocenters. The van der Waals surface area contributed by atoms with Gasteiger partial charge in [0.2, 0.25) is 0 Å². The molecule has 1 aliphatic heterocycles. The minimum atomic E-state index is -1.24. The predicted octanol–water partition coefficient (Wildman–Crippen LogP) is 2.38. The first-order chi connectivity index (χ1) is 7.92. The minimum Gasteiger partial charge on any atom is -0.369 e. The van der Waals surface area contributed by atoms with Gasteiger partial charge in [-0.2, -0.15) is 10.1 Å². The van der Waals surface area contributed by atoms with Crippen LogP contribution in [-0.4, -0.2) is 27.5 Å². The van der Waals surface area contributed by atoms with Gasteiger partial charge in [-0.05, 0) is 41.9 Å². The molecular formula is C12H13BrN2O2. The van der Waals surface area contributed by atoms with Crippen LogP contribution in [0.2, 0.25) is 0 Å². The lowest BCUT2D eigenvalue weighted by Crippen LogP contribution is -2.43. The summed E-state index contributed by atoms with van der Waals surface area (Å²) in [4.78, 5) is 12.3. The standard InChI is InChI=1S/C12H13BrN2O2/c1-8-7-12(2,17)15(14-8)11(16)9-5-3-4-6-10(9)13/h3-6,17H,7H2,1-2H3. The molecule has 90 valence electrons. The van der Waals surface area contributed by atoms with Gasteiger partial charge >= 0.3 is 0 Å². The summed E-state index contributed by atoms with van der Waals surface area (Å²) in [5, 5.41) is 15.4. The molecular weight excluding hydrogens is 284 g/mol. The lowest BCUT2D eigenvalue weighted by molar-refractivity contribution is -0.0553. The molecule has 1 unspecified atom stereocenters. The summed E-state index contributed by atoms with van der Waals surface area (Å²) in [7, 11) is 0. The number of carbonyl (C=O) groups is 1. The normalized spacial score (nSPS) is 23.8. The highest BCUT2D eigenvalue weighted by Crippen LogP contribution is 2.28. The number of carbonyl (C=O) groups excluding carboxylic acids is 1. The van der Waals surface area contributed by atoms with Gasteiger partial charge in [0.05, 0.1) is 5.56 Å².